The van der Waals surface area contributed by atoms with Crippen molar-refractivity contribution < 1.29 is 13.2 Å². The van der Waals surface area contributed by atoms with Gasteiger partial charge in [0.15, 0.2) is 0 Å². The van der Waals surface area contributed by atoms with Crippen LogP contribution in [0.25, 0.3) is 10.9 Å². The Hall–Kier alpha value is -1.41. The van der Waals surface area contributed by atoms with Crippen molar-refractivity contribution in [3.05, 3.63) is 36.0 Å². The van der Waals surface area contributed by atoms with E-state index < -0.39 is 10.2 Å². The highest BCUT2D eigenvalue weighted by atomic mass is 32.2. The Morgan fingerprint density at radius 1 is 1.27 bits per heavy atom. The van der Waals surface area contributed by atoms with Gasteiger partial charge < -0.3 is 9.72 Å². The van der Waals surface area contributed by atoms with Crippen LogP contribution in [0.3, 0.4) is 0 Å². The monoisotopic (exact) mass is 377 g/mol. The molecule has 2 aromatic rings. The van der Waals surface area contributed by atoms with Crippen molar-refractivity contribution in [1.82, 2.24) is 13.6 Å². The summed E-state index contributed by atoms with van der Waals surface area (Å²) in [5.41, 5.74) is 2.12. The Morgan fingerprint density at radius 2 is 2.12 bits per heavy atom. The number of H-pyrrole nitrogens is 1. The number of piperidine rings is 1. The molecule has 2 heterocycles. The van der Waals surface area contributed by atoms with E-state index in [-0.39, 0.29) is 6.04 Å². The Bertz CT molecular complexity index is 858. The third-order valence-electron chi connectivity index (χ3n) is 5.42. The van der Waals surface area contributed by atoms with Crippen molar-refractivity contribution in [2.75, 3.05) is 26.8 Å². The zero-order chi connectivity index (χ0) is 18.1. The lowest BCUT2D eigenvalue weighted by molar-refractivity contribution is 0.116. The number of hydrogen-bond acceptors (Lipinski definition) is 3. The van der Waals surface area contributed by atoms with E-state index in [4.69, 9.17) is 4.74 Å². The predicted octanol–water partition coefficient (Wildman–Crippen LogP) is 2.74. The summed E-state index contributed by atoms with van der Waals surface area (Å²) in [6.45, 7) is 2.25. The number of nitrogens with one attached hydrogen (secondary N) is 1. The van der Waals surface area contributed by atoms with Crippen molar-refractivity contribution >= 4 is 21.1 Å². The molecule has 142 valence electrons. The summed E-state index contributed by atoms with van der Waals surface area (Å²) in [7, 11) is -1.77. The van der Waals surface area contributed by atoms with Gasteiger partial charge in [-0.2, -0.15) is 17.0 Å². The van der Waals surface area contributed by atoms with Gasteiger partial charge in [-0.15, -0.1) is 0 Å². The van der Waals surface area contributed by atoms with Crippen LogP contribution >= 0.6 is 0 Å². The van der Waals surface area contributed by atoms with Crippen LogP contribution in [0.2, 0.25) is 0 Å². The van der Waals surface area contributed by atoms with Gasteiger partial charge in [-0.1, -0.05) is 6.07 Å². The molecule has 0 spiro atoms. The highest BCUT2D eigenvalue weighted by Gasteiger charge is 2.41. The zero-order valence-electron chi connectivity index (χ0n) is 15.2. The molecule has 1 aromatic heterocycles. The van der Waals surface area contributed by atoms with E-state index in [9.17, 15) is 8.42 Å². The molecule has 0 amide bonds. The molecular weight excluding hydrogens is 350 g/mol. The Labute approximate surface area is 155 Å². The second kappa shape index (κ2) is 7.31. The van der Waals surface area contributed by atoms with Gasteiger partial charge in [-0.05, 0) is 60.7 Å². The molecule has 1 aliphatic carbocycles. The maximum atomic E-state index is 13.3. The second-order valence-electron chi connectivity index (χ2n) is 7.51. The van der Waals surface area contributed by atoms with Crippen LogP contribution < -0.4 is 0 Å². The molecule has 1 unspecified atom stereocenters. The van der Waals surface area contributed by atoms with Crippen LogP contribution in [0.5, 0.6) is 0 Å². The first-order chi connectivity index (χ1) is 12.6. The quantitative estimate of drug-likeness (QED) is 0.807. The fourth-order valence-corrected chi connectivity index (χ4v) is 5.85. The molecule has 1 saturated carbocycles. The average Bonchev–Trinajstić information content (AvgIpc) is 3.36. The first kappa shape index (κ1) is 18.0. The summed E-state index contributed by atoms with van der Waals surface area (Å²) >= 11 is 0. The minimum absolute atomic E-state index is 0.143. The molecule has 1 aliphatic heterocycles. The van der Waals surface area contributed by atoms with E-state index in [1.165, 1.54) is 0 Å². The predicted molar refractivity (Wildman–Crippen MR) is 102 cm³/mol. The van der Waals surface area contributed by atoms with Crippen LogP contribution in [-0.4, -0.2) is 54.9 Å². The van der Waals surface area contributed by atoms with Crippen molar-refractivity contribution in [3.8, 4) is 0 Å². The maximum Gasteiger partial charge on any atom is 0.282 e. The Morgan fingerprint density at radius 3 is 2.88 bits per heavy atom. The number of nitrogens with zero attached hydrogens (tertiary/aromatic N) is 2. The molecule has 1 aromatic carbocycles. The van der Waals surface area contributed by atoms with Gasteiger partial charge in [0, 0.05) is 44.5 Å². The lowest BCUT2D eigenvalue weighted by Gasteiger charge is -2.35. The molecule has 2 aliphatic rings. The number of fused-ring (bicyclic) bond motifs is 1. The van der Waals surface area contributed by atoms with Crippen molar-refractivity contribution in [1.29, 1.82) is 0 Å². The fraction of sp³-hybridized carbons (Fsp3) is 0.579. The third-order valence-corrected chi connectivity index (χ3v) is 7.42. The summed E-state index contributed by atoms with van der Waals surface area (Å²) in [6, 6.07) is 8.30. The number of aromatic nitrogens is 1. The normalized spacial score (nSPS) is 22.3. The Kier molecular flexibility index (Phi) is 5.05. The van der Waals surface area contributed by atoms with Crippen LogP contribution in [-0.2, 0) is 21.5 Å². The van der Waals surface area contributed by atoms with E-state index in [0.29, 0.717) is 32.2 Å². The van der Waals surface area contributed by atoms with Crippen molar-refractivity contribution in [2.24, 2.45) is 5.92 Å². The minimum Gasteiger partial charge on any atom is -0.384 e. The average molecular weight is 378 g/mol. The molecule has 2 fully saturated rings. The standard InChI is InChI=1S/C19H27N3O3S/c1-25-14-16-3-2-10-21(12-16)26(23,24)22(18-5-6-18)13-15-4-7-19-17(11-15)8-9-20-19/h4,7-9,11,16,18,20H,2-3,5-6,10,12-14H2,1H3. The van der Waals surface area contributed by atoms with E-state index in [0.717, 1.165) is 42.1 Å². The molecule has 0 bridgehead atoms. The molecule has 26 heavy (non-hydrogen) atoms. The second-order valence-corrected chi connectivity index (χ2v) is 9.39. The highest BCUT2D eigenvalue weighted by molar-refractivity contribution is 7.86. The van der Waals surface area contributed by atoms with Crippen molar-refractivity contribution in [3.63, 3.8) is 0 Å². The van der Waals surface area contributed by atoms with Crippen LogP contribution in [0.1, 0.15) is 31.2 Å². The summed E-state index contributed by atoms with van der Waals surface area (Å²) in [6.07, 6.45) is 5.77. The van der Waals surface area contributed by atoms with E-state index in [2.05, 4.69) is 11.1 Å². The Balaban J connectivity index is 1.55. The van der Waals surface area contributed by atoms with Gasteiger partial charge in [-0.3, -0.25) is 0 Å². The van der Waals surface area contributed by atoms with E-state index in [1.807, 2.05) is 24.4 Å². The molecule has 6 nitrogen and oxygen atoms in total. The SMILES string of the molecule is COCC1CCCN(S(=O)(=O)N(Cc2ccc3[nH]ccc3c2)C2CC2)C1. The fourth-order valence-electron chi connectivity index (χ4n) is 3.90. The third kappa shape index (κ3) is 3.67. The van der Waals surface area contributed by atoms with E-state index >= 15 is 0 Å². The number of benzene rings is 1. The summed E-state index contributed by atoms with van der Waals surface area (Å²) in [5.74, 6) is 0.292. The maximum absolute atomic E-state index is 13.3. The number of aromatic amines is 1. The van der Waals surface area contributed by atoms with Gasteiger partial charge in [-0.25, -0.2) is 0 Å². The summed E-state index contributed by atoms with van der Waals surface area (Å²) in [5, 5.41) is 1.12. The zero-order valence-corrected chi connectivity index (χ0v) is 16.0. The van der Waals surface area contributed by atoms with Crippen LogP contribution in [0.15, 0.2) is 30.5 Å². The minimum atomic E-state index is -3.45. The number of hydrogen-bond donors (Lipinski definition) is 1. The number of ether oxygens (including phenoxy) is 1. The number of methoxy groups -OCH3 is 1. The molecule has 1 saturated heterocycles. The summed E-state index contributed by atoms with van der Waals surface area (Å²) in [4.78, 5) is 3.18. The van der Waals surface area contributed by atoms with Crippen LogP contribution in [0, 0.1) is 5.92 Å². The number of rotatable bonds is 7. The molecule has 1 atom stereocenters. The van der Waals surface area contributed by atoms with Crippen LogP contribution in [0.4, 0.5) is 0 Å². The lowest BCUT2D eigenvalue weighted by atomic mass is 10.0. The molecule has 7 heteroatoms. The van der Waals surface area contributed by atoms with Gasteiger partial charge in [0.05, 0.1) is 6.61 Å². The first-order valence-electron chi connectivity index (χ1n) is 9.40. The molecular formula is C19H27N3O3S. The largest absolute Gasteiger partial charge is 0.384 e. The molecule has 0 radical (unpaired) electrons. The van der Waals surface area contributed by atoms with Gasteiger partial charge >= 0.3 is 0 Å². The first-order valence-corrected chi connectivity index (χ1v) is 10.8. The molecule has 4 rings (SSSR count). The smallest absolute Gasteiger partial charge is 0.282 e. The molecule has 1 N–H and O–H groups in total. The summed E-state index contributed by atoms with van der Waals surface area (Å²) < 4.78 is 35.3. The van der Waals surface area contributed by atoms with Gasteiger partial charge in [0.2, 0.25) is 0 Å². The highest BCUT2D eigenvalue weighted by Crippen LogP contribution is 2.34. The van der Waals surface area contributed by atoms with E-state index in [1.54, 1.807) is 15.7 Å². The van der Waals surface area contributed by atoms with Gasteiger partial charge in [0.25, 0.3) is 10.2 Å². The van der Waals surface area contributed by atoms with Gasteiger partial charge in [0.1, 0.15) is 0 Å². The lowest BCUT2D eigenvalue weighted by Crippen LogP contribution is -2.49. The topological polar surface area (TPSA) is 65.6 Å². The van der Waals surface area contributed by atoms with Crippen molar-refractivity contribution in [2.45, 2.75) is 38.3 Å².